The molecule has 0 heterocycles. The summed E-state index contributed by atoms with van der Waals surface area (Å²) in [6.07, 6.45) is 0.721. The van der Waals surface area contributed by atoms with Crippen molar-refractivity contribution in [2.75, 3.05) is 0 Å². The Morgan fingerprint density at radius 3 is 2.39 bits per heavy atom. The standard InChI is InChI=1S/C15H22N2S/c1-11-5-12(2)7-14(6-11)9-18-13(3)8-15(4,17)10-16/h5-7,13H,8-9,17H2,1-4H3. The van der Waals surface area contributed by atoms with Crippen LogP contribution in [0.1, 0.15) is 37.0 Å². The highest BCUT2D eigenvalue weighted by molar-refractivity contribution is 7.99. The molecule has 1 aromatic rings. The summed E-state index contributed by atoms with van der Waals surface area (Å²) >= 11 is 1.86. The molecule has 1 rings (SSSR count). The summed E-state index contributed by atoms with van der Waals surface area (Å²) in [5.74, 6) is 0.977. The van der Waals surface area contributed by atoms with Gasteiger partial charge in [-0.25, -0.2) is 0 Å². The Balaban J connectivity index is 2.53. The molecule has 0 radical (unpaired) electrons. The molecule has 2 unspecified atom stereocenters. The third-order valence-corrected chi connectivity index (χ3v) is 4.02. The predicted octanol–water partition coefficient (Wildman–Crippen LogP) is 3.56. The van der Waals surface area contributed by atoms with E-state index >= 15 is 0 Å². The van der Waals surface area contributed by atoms with Crippen LogP contribution in [0, 0.1) is 25.2 Å². The molecule has 0 aliphatic rings. The monoisotopic (exact) mass is 262 g/mol. The number of nitrogens with zero attached hydrogens (tertiary/aromatic N) is 1. The van der Waals surface area contributed by atoms with Gasteiger partial charge in [-0.05, 0) is 32.8 Å². The molecule has 1 aromatic carbocycles. The van der Waals surface area contributed by atoms with Gasteiger partial charge in [0.1, 0.15) is 5.54 Å². The first kappa shape index (κ1) is 15.1. The molecule has 0 saturated heterocycles. The number of benzene rings is 1. The summed E-state index contributed by atoms with van der Waals surface area (Å²) in [7, 11) is 0. The van der Waals surface area contributed by atoms with E-state index in [1.165, 1.54) is 16.7 Å². The van der Waals surface area contributed by atoms with Gasteiger partial charge in [-0.2, -0.15) is 17.0 Å². The van der Waals surface area contributed by atoms with E-state index in [9.17, 15) is 0 Å². The van der Waals surface area contributed by atoms with Gasteiger partial charge < -0.3 is 5.73 Å². The Morgan fingerprint density at radius 1 is 1.33 bits per heavy atom. The van der Waals surface area contributed by atoms with E-state index in [1.807, 2.05) is 11.8 Å². The maximum absolute atomic E-state index is 8.92. The largest absolute Gasteiger partial charge is 0.314 e. The highest BCUT2D eigenvalue weighted by Crippen LogP contribution is 2.24. The zero-order chi connectivity index (χ0) is 13.8. The van der Waals surface area contributed by atoms with Gasteiger partial charge in [0.15, 0.2) is 0 Å². The minimum atomic E-state index is -0.713. The Kier molecular flexibility index (Phi) is 5.25. The van der Waals surface area contributed by atoms with Gasteiger partial charge in [0.2, 0.25) is 0 Å². The average molecular weight is 262 g/mol. The Hall–Kier alpha value is -0.980. The Morgan fingerprint density at radius 2 is 1.89 bits per heavy atom. The molecule has 3 heteroatoms. The lowest BCUT2D eigenvalue weighted by Gasteiger charge is -2.20. The van der Waals surface area contributed by atoms with E-state index in [-0.39, 0.29) is 0 Å². The minimum Gasteiger partial charge on any atom is -0.314 e. The number of hydrogen-bond donors (Lipinski definition) is 1. The topological polar surface area (TPSA) is 49.8 Å². The smallest absolute Gasteiger partial charge is 0.102 e. The number of rotatable bonds is 5. The lowest BCUT2D eigenvalue weighted by molar-refractivity contribution is 0.545. The molecule has 0 aliphatic carbocycles. The minimum absolute atomic E-state index is 0.389. The number of aryl methyl sites for hydroxylation is 2. The van der Waals surface area contributed by atoms with Gasteiger partial charge in [-0.15, -0.1) is 0 Å². The first-order valence-electron chi connectivity index (χ1n) is 6.21. The van der Waals surface area contributed by atoms with E-state index in [4.69, 9.17) is 11.0 Å². The van der Waals surface area contributed by atoms with Crippen LogP contribution in [0.4, 0.5) is 0 Å². The summed E-state index contributed by atoms with van der Waals surface area (Å²) in [5.41, 5.74) is 9.10. The molecule has 0 amide bonds. The summed E-state index contributed by atoms with van der Waals surface area (Å²) in [5, 5.41) is 9.31. The molecule has 2 atom stereocenters. The fourth-order valence-electron chi connectivity index (χ4n) is 2.09. The summed E-state index contributed by atoms with van der Waals surface area (Å²) in [4.78, 5) is 0. The van der Waals surface area contributed by atoms with E-state index in [1.54, 1.807) is 6.92 Å². The number of nitriles is 1. The van der Waals surface area contributed by atoms with Gasteiger partial charge >= 0.3 is 0 Å². The lowest BCUT2D eigenvalue weighted by Crippen LogP contribution is -2.36. The van der Waals surface area contributed by atoms with Crippen LogP contribution in [0.5, 0.6) is 0 Å². The first-order chi connectivity index (χ1) is 8.32. The van der Waals surface area contributed by atoms with Crippen molar-refractivity contribution in [3.05, 3.63) is 34.9 Å². The molecule has 98 valence electrons. The van der Waals surface area contributed by atoms with Gasteiger partial charge in [-0.3, -0.25) is 0 Å². The molecule has 0 aliphatic heterocycles. The fraction of sp³-hybridized carbons (Fsp3) is 0.533. The van der Waals surface area contributed by atoms with Crippen LogP contribution in [0.25, 0.3) is 0 Å². The van der Waals surface area contributed by atoms with Crippen LogP contribution in [-0.2, 0) is 5.75 Å². The molecular formula is C15H22N2S. The Labute approximate surface area is 115 Å². The van der Waals surface area contributed by atoms with E-state index in [0.717, 1.165) is 12.2 Å². The van der Waals surface area contributed by atoms with Gasteiger partial charge in [0.05, 0.1) is 6.07 Å². The SMILES string of the molecule is Cc1cc(C)cc(CSC(C)CC(C)(N)C#N)c1. The molecule has 18 heavy (non-hydrogen) atoms. The van der Waals surface area contributed by atoms with E-state index < -0.39 is 5.54 Å². The molecule has 2 nitrogen and oxygen atoms in total. The van der Waals surface area contributed by atoms with Crippen LogP contribution >= 0.6 is 11.8 Å². The summed E-state index contributed by atoms with van der Waals surface area (Å²) in [6.45, 7) is 8.17. The van der Waals surface area contributed by atoms with E-state index in [2.05, 4.69) is 45.0 Å². The molecule has 0 bridgehead atoms. The molecule has 0 spiro atoms. The maximum atomic E-state index is 8.92. The van der Waals surface area contributed by atoms with Crippen LogP contribution in [0.2, 0.25) is 0 Å². The number of hydrogen-bond acceptors (Lipinski definition) is 3. The quantitative estimate of drug-likeness (QED) is 0.882. The van der Waals surface area contributed by atoms with Crippen molar-refractivity contribution in [2.24, 2.45) is 5.73 Å². The zero-order valence-corrected chi connectivity index (χ0v) is 12.5. The van der Waals surface area contributed by atoms with Crippen LogP contribution < -0.4 is 5.73 Å². The van der Waals surface area contributed by atoms with Gasteiger partial charge in [0.25, 0.3) is 0 Å². The van der Waals surface area contributed by atoms with E-state index in [0.29, 0.717) is 5.25 Å². The van der Waals surface area contributed by atoms with Gasteiger partial charge in [-0.1, -0.05) is 36.2 Å². The predicted molar refractivity (Wildman–Crippen MR) is 79.5 cm³/mol. The molecule has 0 saturated carbocycles. The summed E-state index contributed by atoms with van der Waals surface area (Å²) < 4.78 is 0. The second-order valence-corrected chi connectivity index (χ2v) is 6.78. The Bertz CT molecular complexity index is 426. The second-order valence-electron chi connectivity index (χ2n) is 5.35. The van der Waals surface area contributed by atoms with Gasteiger partial charge in [0, 0.05) is 11.0 Å². The van der Waals surface area contributed by atoms with Crippen molar-refractivity contribution in [3.63, 3.8) is 0 Å². The second kappa shape index (κ2) is 6.26. The first-order valence-corrected chi connectivity index (χ1v) is 7.26. The van der Waals surface area contributed by atoms with Crippen molar-refractivity contribution >= 4 is 11.8 Å². The maximum Gasteiger partial charge on any atom is 0.102 e. The molecule has 0 fully saturated rings. The van der Waals surface area contributed by atoms with Crippen molar-refractivity contribution < 1.29 is 0 Å². The molecule has 2 N–H and O–H groups in total. The van der Waals surface area contributed by atoms with Crippen LogP contribution in [-0.4, -0.2) is 10.8 Å². The highest BCUT2D eigenvalue weighted by Gasteiger charge is 2.21. The highest BCUT2D eigenvalue weighted by atomic mass is 32.2. The zero-order valence-electron chi connectivity index (χ0n) is 11.7. The molecular weight excluding hydrogens is 240 g/mol. The van der Waals surface area contributed by atoms with Crippen LogP contribution in [0.3, 0.4) is 0 Å². The summed E-state index contributed by atoms with van der Waals surface area (Å²) in [6, 6.07) is 8.78. The number of thioether (sulfide) groups is 1. The lowest BCUT2D eigenvalue weighted by atomic mass is 10.00. The third-order valence-electron chi connectivity index (χ3n) is 2.78. The average Bonchev–Trinajstić information content (AvgIpc) is 2.24. The third kappa shape index (κ3) is 5.12. The molecule has 0 aromatic heterocycles. The van der Waals surface area contributed by atoms with Crippen molar-refractivity contribution in [2.45, 2.75) is 50.7 Å². The van der Waals surface area contributed by atoms with Crippen LogP contribution in [0.15, 0.2) is 18.2 Å². The van der Waals surface area contributed by atoms with Crippen molar-refractivity contribution in [3.8, 4) is 6.07 Å². The van der Waals surface area contributed by atoms with Crippen molar-refractivity contribution in [1.82, 2.24) is 0 Å². The fourth-order valence-corrected chi connectivity index (χ4v) is 3.20. The van der Waals surface area contributed by atoms with Crippen molar-refractivity contribution in [1.29, 1.82) is 5.26 Å². The number of nitrogens with two attached hydrogens (primary N) is 1. The normalized spacial score (nSPS) is 15.8.